The predicted molar refractivity (Wildman–Crippen MR) is 58.5 cm³/mol. The third-order valence-electron chi connectivity index (χ3n) is 2.84. The van der Waals surface area contributed by atoms with E-state index < -0.39 is 0 Å². The van der Waals surface area contributed by atoms with Crippen LogP contribution in [-0.2, 0) is 9.53 Å². The monoisotopic (exact) mass is 209 g/mol. The molecule has 2 rings (SSSR count). The van der Waals surface area contributed by atoms with Crippen LogP contribution in [0.5, 0.6) is 0 Å². The molecule has 0 saturated carbocycles. The summed E-state index contributed by atoms with van der Waals surface area (Å²) in [4.78, 5) is 13.8. The van der Waals surface area contributed by atoms with Gasteiger partial charge in [-0.2, -0.15) is 0 Å². The van der Waals surface area contributed by atoms with Gasteiger partial charge in [-0.15, -0.1) is 0 Å². The summed E-state index contributed by atoms with van der Waals surface area (Å²) in [6.07, 6.45) is 5.65. The van der Waals surface area contributed by atoms with Crippen LogP contribution in [0.2, 0.25) is 0 Å². The van der Waals surface area contributed by atoms with Crippen LogP contribution in [0, 0.1) is 5.92 Å². The van der Waals surface area contributed by atoms with Crippen molar-refractivity contribution in [2.75, 3.05) is 13.1 Å². The summed E-state index contributed by atoms with van der Waals surface area (Å²) < 4.78 is 5.30. The lowest BCUT2D eigenvalue weighted by Crippen LogP contribution is -2.38. The van der Waals surface area contributed by atoms with Crippen molar-refractivity contribution in [1.82, 2.24) is 4.90 Å². The molecule has 0 spiro atoms. The zero-order valence-electron chi connectivity index (χ0n) is 9.69. The van der Waals surface area contributed by atoms with Crippen molar-refractivity contribution < 1.29 is 9.53 Å². The Morgan fingerprint density at radius 2 is 2.20 bits per heavy atom. The first kappa shape index (κ1) is 10.7. The number of nitrogens with zero attached hydrogens (tertiary/aromatic N) is 1. The molecule has 0 amide bonds. The number of hydrogen-bond donors (Lipinski definition) is 0. The highest BCUT2D eigenvalue weighted by Crippen LogP contribution is 2.31. The van der Waals surface area contributed by atoms with Crippen LogP contribution in [0.4, 0.5) is 0 Å². The Bertz CT molecular complexity index is 290. The molecule has 3 nitrogen and oxygen atoms in total. The molecule has 84 valence electrons. The molecule has 1 heterocycles. The number of rotatable bonds is 2. The zero-order chi connectivity index (χ0) is 11.1. The Kier molecular flexibility index (Phi) is 2.59. The lowest BCUT2D eigenvalue weighted by atomic mass is 10.2. The molecule has 0 N–H and O–H groups in total. The van der Waals surface area contributed by atoms with Gasteiger partial charge in [0.1, 0.15) is 5.60 Å². The van der Waals surface area contributed by atoms with Crippen molar-refractivity contribution >= 4 is 5.97 Å². The van der Waals surface area contributed by atoms with E-state index in [1.165, 1.54) is 6.42 Å². The third kappa shape index (κ3) is 2.59. The summed E-state index contributed by atoms with van der Waals surface area (Å²) >= 11 is 0. The van der Waals surface area contributed by atoms with E-state index >= 15 is 0 Å². The minimum Gasteiger partial charge on any atom is -0.459 e. The molecule has 0 aromatic carbocycles. The summed E-state index contributed by atoms with van der Waals surface area (Å²) in [5, 5.41) is 0. The van der Waals surface area contributed by atoms with Crippen molar-refractivity contribution in [3.63, 3.8) is 0 Å². The van der Waals surface area contributed by atoms with E-state index in [2.05, 4.69) is 17.1 Å². The fourth-order valence-corrected chi connectivity index (χ4v) is 2.32. The summed E-state index contributed by atoms with van der Waals surface area (Å²) in [6.45, 7) is 7.16. The first-order valence-corrected chi connectivity index (χ1v) is 5.58. The minimum absolute atomic E-state index is 0.108. The van der Waals surface area contributed by atoms with Crippen molar-refractivity contribution in [2.24, 2.45) is 5.92 Å². The van der Waals surface area contributed by atoms with Gasteiger partial charge in [-0.25, -0.2) is 0 Å². The second-order valence-electron chi connectivity index (χ2n) is 5.46. The Morgan fingerprint density at radius 1 is 1.47 bits per heavy atom. The molecular formula is C12H19NO2. The van der Waals surface area contributed by atoms with Gasteiger partial charge in [-0.1, -0.05) is 12.2 Å². The highest BCUT2D eigenvalue weighted by atomic mass is 16.6. The number of esters is 1. The van der Waals surface area contributed by atoms with Crippen molar-refractivity contribution in [3.05, 3.63) is 12.2 Å². The summed E-state index contributed by atoms with van der Waals surface area (Å²) in [5.41, 5.74) is -0.369. The topological polar surface area (TPSA) is 29.5 Å². The van der Waals surface area contributed by atoms with Crippen LogP contribution in [0.1, 0.15) is 27.2 Å². The molecule has 1 aliphatic carbocycles. The number of hydrogen-bond acceptors (Lipinski definition) is 3. The van der Waals surface area contributed by atoms with Gasteiger partial charge in [0.25, 0.3) is 0 Å². The molecule has 3 heteroatoms. The fourth-order valence-electron chi connectivity index (χ4n) is 2.32. The van der Waals surface area contributed by atoms with E-state index in [0.29, 0.717) is 18.5 Å². The summed E-state index contributed by atoms with van der Waals surface area (Å²) in [6, 6.07) is 0.475. The zero-order valence-corrected chi connectivity index (χ0v) is 9.69. The first-order valence-electron chi connectivity index (χ1n) is 5.58. The normalized spacial score (nSPS) is 29.8. The van der Waals surface area contributed by atoms with Crippen LogP contribution in [0.3, 0.4) is 0 Å². The van der Waals surface area contributed by atoms with Gasteiger partial charge in [0, 0.05) is 12.6 Å². The molecule has 2 atom stereocenters. The number of carbonyl (C=O) groups excluding carboxylic acids is 1. The predicted octanol–water partition coefficient (Wildman–Crippen LogP) is 1.59. The number of likely N-dealkylation sites (tertiary alicyclic amines) is 1. The van der Waals surface area contributed by atoms with Gasteiger partial charge in [-0.3, -0.25) is 9.69 Å². The summed E-state index contributed by atoms with van der Waals surface area (Å²) in [7, 11) is 0. The van der Waals surface area contributed by atoms with Gasteiger partial charge >= 0.3 is 5.97 Å². The van der Waals surface area contributed by atoms with E-state index in [1.807, 2.05) is 20.8 Å². The highest BCUT2D eigenvalue weighted by molar-refractivity contribution is 5.72. The van der Waals surface area contributed by atoms with E-state index in [4.69, 9.17) is 4.74 Å². The SMILES string of the molecule is CC(C)(C)OC(=O)CN1CC2C=CC1C2. The molecule has 0 aromatic heterocycles. The van der Waals surface area contributed by atoms with Crippen molar-refractivity contribution in [3.8, 4) is 0 Å². The Morgan fingerprint density at radius 3 is 2.67 bits per heavy atom. The molecule has 2 unspecified atom stereocenters. The van der Waals surface area contributed by atoms with E-state index in [9.17, 15) is 4.79 Å². The van der Waals surface area contributed by atoms with Crippen molar-refractivity contribution in [2.45, 2.75) is 38.8 Å². The van der Waals surface area contributed by atoms with E-state index in [1.54, 1.807) is 0 Å². The average Bonchev–Trinajstić information content (AvgIpc) is 2.60. The first-order chi connectivity index (χ1) is 6.94. The quantitative estimate of drug-likeness (QED) is 0.511. The fraction of sp³-hybridized carbons (Fsp3) is 0.750. The maximum Gasteiger partial charge on any atom is 0.320 e. The van der Waals surface area contributed by atoms with Crippen LogP contribution >= 0.6 is 0 Å². The molecule has 1 saturated heterocycles. The highest BCUT2D eigenvalue weighted by Gasteiger charge is 2.35. The van der Waals surface area contributed by atoms with Gasteiger partial charge in [0.15, 0.2) is 0 Å². The maximum atomic E-state index is 11.6. The van der Waals surface area contributed by atoms with Gasteiger partial charge in [0.05, 0.1) is 6.54 Å². The molecular weight excluding hydrogens is 190 g/mol. The second-order valence-corrected chi connectivity index (χ2v) is 5.46. The number of fused-ring (bicyclic) bond motifs is 2. The lowest BCUT2D eigenvalue weighted by Gasteiger charge is -2.25. The standard InChI is InChI=1S/C12H19NO2/c1-12(2,3)15-11(14)8-13-7-9-4-5-10(13)6-9/h4-5,9-10H,6-8H2,1-3H3. The van der Waals surface area contributed by atoms with Crippen molar-refractivity contribution in [1.29, 1.82) is 0 Å². The van der Waals surface area contributed by atoms with Gasteiger partial charge in [-0.05, 0) is 33.1 Å². The van der Waals surface area contributed by atoms with Crippen LogP contribution < -0.4 is 0 Å². The summed E-state index contributed by atoms with van der Waals surface area (Å²) in [5.74, 6) is 0.556. The third-order valence-corrected chi connectivity index (χ3v) is 2.84. The van der Waals surface area contributed by atoms with Crippen LogP contribution in [-0.4, -0.2) is 35.6 Å². The van der Waals surface area contributed by atoms with Crippen LogP contribution in [0.25, 0.3) is 0 Å². The Labute approximate surface area is 91.1 Å². The molecule has 15 heavy (non-hydrogen) atoms. The average molecular weight is 209 g/mol. The van der Waals surface area contributed by atoms with E-state index in [-0.39, 0.29) is 11.6 Å². The largest absolute Gasteiger partial charge is 0.459 e. The smallest absolute Gasteiger partial charge is 0.320 e. The minimum atomic E-state index is -0.369. The molecule has 2 aliphatic rings. The lowest BCUT2D eigenvalue weighted by molar-refractivity contribution is -0.156. The van der Waals surface area contributed by atoms with Gasteiger partial charge < -0.3 is 4.74 Å². The Hall–Kier alpha value is -0.830. The number of ether oxygens (including phenoxy) is 1. The molecule has 1 fully saturated rings. The maximum absolute atomic E-state index is 11.6. The number of carbonyl (C=O) groups is 1. The van der Waals surface area contributed by atoms with Crippen LogP contribution in [0.15, 0.2) is 12.2 Å². The molecule has 0 radical (unpaired) electrons. The molecule has 2 bridgehead atoms. The van der Waals surface area contributed by atoms with E-state index in [0.717, 1.165) is 6.54 Å². The molecule has 0 aromatic rings. The Balaban J connectivity index is 1.83. The van der Waals surface area contributed by atoms with Gasteiger partial charge in [0.2, 0.25) is 0 Å². The molecule has 1 aliphatic heterocycles. The second kappa shape index (κ2) is 3.63.